The van der Waals surface area contributed by atoms with E-state index in [0.717, 1.165) is 9.87 Å². The lowest BCUT2D eigenvalue weighted by Crippen LogP contribution is -2.34. The van der Waals surface area contributed by atoms with Gasteiger partial charge in [-0.2, -0.15) is 17.4 Å². The highest BCUT2D eigenvalue weighted by atomic mass is 32.2. The Bertz CT molecular complexity index is 514. The van der Waals surface area contributed by atoms with E-state index < -0.39 is 22.2 Å². The van der Waals surface area contributed by atoms with E-state index >= 15 is 0 Å². The normalized spacial score (nSPS) is 23.6. The second-order valence-electron chi connectivity index (χ2n) is 3.79. The fraction of sp³-hybridized carbons (Fsp3) is 0.300. The maximum Gasteiger partial charge on any atom is 0.323 e. The van der Waals surface area contributed by atoms with Gasteiger partial charge in [-0.25, -0.2) is 0 Å². The summed E-state index contributed by atoms with van der Waals surface area (Å²) in [6.07, 6.45) is 0. The minimum Gasteiger partial charge on any atom is -0.480 e. The molecule has 6 nitrogen and oxygen atoms in total. The molecule has 1 aliphatic heterocycles. The van der Waals surface area contributed by atoms with E-state index in [1.807, 2.05) is 6.07 Å². The van der Waals surface area contributed by atoms with E-state index in [0.29, 0.717) is 0 Å². The molecule has 0 spiro atoms. The number of aliphatic carboxylic acids is 1. The lowest BCUT2D eigenvalue weighted by Gasteiger charge is -2.12. The van der Waals surface area contributed by atoms with E-state index in [4.69, 9.17) is 5.11 Å². The lowest BCUT2D eigenvalue weighted by molar-refractivity contribution is -0.138. The van der Waals surface area contributed by atoms with E-state index in [2.05, 4.69) is 4.72 Å². The van der Waals surface area contributed by atoms with Gasteiger partial charge in [0.2, 0.25) is 0 Å². The number of rotatable bonds is 3. The third-order valence-electron chi connectivity index (χ3n) is 2.52. The summed E-state index contributed by atoms with van der Waals surface area (Å²) in [4.78, 5) is 10.7. The molecule has 1 aromatic rings. The molecular formula is C10H12N2O4S. The van der Waals surface area contributed by atoms with Gasteiger partial charge in [-0.1, -0.05) is 30.3 Å². The second kappa shape index (κ2) is 4.44. The Morgan fingerprint density at radius 3 is 2.59 bits per heavy atom. The molecule has 0 aromatic heterocycles. The molecule has 0 radical (unpaired) electrons. The van der Waals surface area contributed by atoms with Gasteiger partial charge < -0.3 is 5.11 Å². The zero-order chi connectivity index (χ0) is 12.5. The summed E-state index contributed by atoms with van der Waals surface area (Å²) in [6.45, 7) is 0.131. The number of carboxylic acid groups (broad SMARTS) is 1. The smallest absolute Gasteiger partial charge is 0.323 e. The Hall–Kier alpha value is -1.44. The molecule has 7 heteroatoms. The minimum absolute atomic E-state index is 0.0490. The fourth-order valence-corrected chi connectivity index (χ4v) is 3.01. The van der Waals surface area contributed by atoms with Gasteiger partial charge in [-0.05, 0) is 5.56 Å². The Labute approximate surface area is 99.0 Å². The summed E-state index contributed by atoms with van der Waals surface area (Å²) in [5.41, 5.74) is 0.823. The highest BCUT2D eigenvalue weighted by Gasteiger charge is 2.38. The summed E-state index contributed by atoms with van der Waals surface area (Å²) >= 11 is 0. The third kappa shape index (κ3) is 2.63. The van der Waals surface area contributed by atoms with Gasteiger partial charge >= 0.3 is 5.97 Å². The third-order valence-corrected chi connectivity index (χ3v) is 4.06. The van der Waals surface area contributed by atoms with Crippen LogP contribution in [0.5, 0.6) is 0 Å². The number of carbonyl (C=O) groups is 1. The molecule has 17 heavy (non-hydrogen) atoms. The summed E-state index contributed by atoms with van der Waals surface area (Å²) in [5.74, 6) is -1.16. The Morgan fingerprint density at radius 2 is 2.06 bits per heavy atom. The number of benzene rings is 1. The number of hydrogen-bond donors (Lipinski definition) is 2. The summed E-state index contributed by atoms with van der Waals surface area (Å²) < 4.78 is 26.5. The van der Waals surface area contributed by atoms with Crippen LogP contribution in [0, 0.1) is 0 Å². The Morgan fingerprint density at radius 1 is 1.41 bits per heavy atom. The molecule has 0 saturated carbocycles. The first-order valence-electron chi connectivity index (χ1n) is 5.03. The van der Waals surface area contributed by atoms with Crippen LogP contribution in [0.1, 0.15) is 5.56 Å². The number of carboxylic acids is 1. The van der Waals surface area contributed by atoms with Crippen molar-refractivity contribution >= 4 is 16.2 Å². The number of nitrogens with one attached hydrogen (secondary N) is 1. The van der Waals surface area contributed by atoms with Crippen molar-refractivity contribution in [2.24, 2.45) is 0 Å². The zero-order valence-electron chi connectivity index (χ0n) is 8.91. The first-order chi connectivity index (χ1) is 7.99. The van der Waals surface area contributed by atoms with Crippen molar-refractivity contribution in [1.29, 1.82) is 0 Å². The molecule has 1 heterocycles. The van der Waals surface area contributed by atoms with E-state index in [1.54, 1.807) is 24.3 Å². The van der Waals surface area contributed by atoms with E-state index in [9.17, 15) is 13.2 Å². The van der Waals surface area contributed by atoms with Crippen LogP contribution in [0.2, 0.25) is 0 Å². The van der Waals surface area contributed by atoms with Crippen LogP contribution in [0.3, 0.4) is 0 Å². The zero-order valence-corrected chi connectivity index (χ0v) is 9.72. The van der Waals surface area contributed by atoms with Crippen molar-refractivity contribution in [3.05, 3.63) is 35.9 Å². The van der Waals surface area contributed by atoms with Gasteiger partial charge in [0.05, 0.1) is 0 Å². The molecule has 1 aliphatic rings. The Balaban J connectivity index is 2.15. The second-order valence-corrected chi connectivity index (χ2v) is 5.49. The molecule has 2 rings (SSSR count). The molecule has 1 saturated heterocycles. The first kappa shape index (κ1) is 12.0. The van der Waals surface area contributed by atoms with Crippen molar-refractivity contribution in [1.82, 2.24) is 9.03 Å². The molecule has 1 aromatic carbocycles. The van der Waals surface area contributed by atoms with Crippen LogP contribution in [-0.4, -0.2) is 36.4 Å². The first-order valence-corrected chi connectivity index (χ1v) is 6.47. The molecule has 1 unspecified atom stereocenters. The SMILES string of the molecule is O=C(O)C1CN(Cc2ccccc2)S(=O)(=O)N1. The largest absolute Gasteiger partial charge is 0.480 e. The van der Waals surface area contributed by atoms with Crippen LogP contribution in [0.15, 0.2) is 30.3 Å². The number of nitrogens with zero attached hydrogens (tertiary/aromatic N) is 1. The van der Waals surface area contributed by atoms with Crippen LogP contribution in [0.25, 0.3) is 0 Å². The summed E-state index contributed by atoms with van der Waals surface area (Å²) in [7, 11) is -3.68. The quantitative estimate of drug-likeness (QED) is 0.783. The van der Waals surface area contributed by atoms with Gasteiger partial charge in [0.15, 0.2) is 0 Å². The number of hydrogen-bond acceptors (Lipinski definition) is 3. The van der Waals surface area contributed by atoms with Gasteiger partial charge in [0.25, 0.3) is 10.2 Å². The van der Waals surface area contributed by atoms with Crippen molar-refractivity contribution in [3.63, 3.8) is 0 Å². The molecule has 0 bridgehead atoms. The highest BCUT2D eigenvalue weighted by Crippen LogP contribution is 2.14. The molecule has 1 atom stereocenters. The Kier molecular flexibility index (Phi) is 3.14. The predicted octanol–water partition coefficient (Wildman–Crippen LogP) is -0.210. The van der Waals surface area contributed by atoms with Crippen LogP contribution in [0.4, 0.5) is 0 Å². The van der Waals surface area contributed by atoms with Crippen LogP contribution >= 0.6 is 0 Å². The monoisotopic (exact) mass is 256 g/mol. The average Bonchev–Trinajstić information content (AvgIpc) is 2.56. The van der Waals surface area contributed by atoms with E-state index in [1.165, 1.54) is 0 Å². The average molecular weight is 256 g/mol. The summed E-state index contributed by atoms with van der Waals surface area (Å²) in [6, 6.07) is 7.97. The van der Waals surface area contributed by atoms with Gasteiger partial charge in [0, 0.05) is 13.1 Å². The van der Waals surface area contributed by atoms with Gasteiger partial charge in [-0.3, -0.25) is 4.79 Å². The van der Waals surface area contributed by atoms with Crippen molar-refractivity contribution in [2.75, 3.05) is 6.54 Å². The summed E-state index contributed by atoms with van der Waals surface area (Å²) in [5, 5.41) is 8.78. The fourth-order valence-electron chi connectivity index (χ4n) is 1.66. The standard InChI is InChI=1S/C10H12N2O4S/c13-10(14)9-7-12(17(15,16)11-9)6-8-4-2-1-3-5-8/h1-5,9,11H,6-7H2,(H,13,14). The van der Waals surface area contributed by atoms with Gasteiger partial charge in [0.1, 0.15) is 6.04 Å². The molecular weight excluding hydrogens is 244 g/mol. The molecule has 1 fully saturated rings. The molecule has 2 N–H and O–H groups in total. The van der Waals surface area contributed by atoms with Crippen LogP contribution < -0.4 is 4.72 Å². The molecule has 92 valence electrons. The highest BCUT2D eigenvalue weighted by molar-refractivity contribution is 7.87. The molecule has 0 amide bonds. The lowest BCUT2D eigenvalue weighted by atomic mass is 10.2. The predicted molar refractivity (Wildman–Crippen MR) is 60.3 cm³/mol. The van der Waals surface area contributed by atoms with E-state index in [-0.39, 0.29) is 13.1 Å². The van der Waals surface area contributed by atoms with Crippen molar-refractivity contribution in [2.45, 2.75) is 12.6 Å². The topological polar surface area (TPSA) is 86.7 Å². The minimum atomic E-state index is -3.68. The van der Waals surface area contributed by atoms with Crippen LogP contribution in [-0.2, 0) is 21.5 Å². The van der Waals surface area contributed by atoms with Gasteiger partial charge in [-0.15, -0.1) is 0 Å². The van der Waals surface area contributed by atoms with Crippen molar-refractivity contribution in [3.8, 4) is 0 Å². The van der Waals surface area contributed by atoms with Crippen molar-refractivity contribution < 1.29 is 18.3 Å². The molecule has 0 aliphatic carbocycles. The maximum absolute atomic E-state index is 11.6. The maximum atomic E-state index is 11.6.